The van der Waals surface area contributed by atoms with E-state index >= 15 is 0 Å². The molecular formula is C18H24F2N4O2. The van der Waals surface area contributed by atoms with Crippen molar-refractivity contribution in [1.29, 1.82) is 0 Å². The monoisotopic (exact) mass is 366 g/mol. The minimum Gasteiger partial charge on any atom is -0.435 e. The Morgan fingerprint density at radius 2 is 1.96 bits per heavy atom. The maximum atomic E-state index is 12.1. The fraction of sp³-hybridized carbons (Fsp3) is 0.444. The van der Waals surface area contributed by atoms with Crippen molar-refractivity contribution in [2.45, 2.75) is 46.4 Å². The van der Waals surface area contributed by atoms with E-state index in [0.717, 1.165) is 29.9 Å². The molecule has 0 aliphatic heterocycles. The molecule has 2 rings (SSSR count). The van der Waals surface area contributed by atoms with Crippen LogP contribution in [0.25, 0.3) is 0 Å². The molecule has 2 aromatic rings. The molecule has 0 radical (unpaired) electrons. The predicted octanol–water partition coefficient (Wildman–Crippen LogP) is 3.55. The van der Waals surface area contributed by atoms with Crippen molar-refractivity contribution in [3.8, 4) is 5.75 Å². The minimum absolute atomic E-state index is 0.0875. The summed E-state index contributed by atoms with van der Waals surface area (Å²) in [5.41, 5.74) is 2.87. The second-order valence-electron chi connectivity index (χ2n) is 6.07. The van der Waals surface area contributed by atoms with Gasteiger partial charge in [0.15, 0.2) is 0 Å². The average molecular weight is 366 g/mol. The maximum absolute atomic E-state index is 12.1. The van der Waals surface area contributed by atoms with Crippen LogP contribution in [-0.2, 0) is 6.54 Å². The molecule has 0 aliphatic carbocycles. The summed E-state index contributed by atoms with van der Waals surface area (Å²) < 4.78 is 30.5. The van der Waals surface area contributed by atoms with Crippen LogP contribution in [0.3, 0.4) is 0 Å². The first-order chi connectivity index (χ1) is 12.3. The van der Waals surface area contributed by atoms with Gasteiger partial charge in [0.05, 0.1) is 11.7 Å². The van der Waals surface area contributed by atoms with E-state index in [1.54, 1.807) is 12.1 Å². The van der Waals surface area contributed by atoms with E-state index in [9.17, 15) is 13.6 Å². The summed E-state index contributed by atoms with van der Waals surface area (Å²) in [4.78, 5) is 12.0. The molecule has 0 spiro atoms. The van der Waals surface area contributed by atoms with E-state index in [2.05, 4.69) is 20.5 Å². The number of hydrogen-bond acceptors (Lipinski definition) is 3. The largest absolute Gasteiger partial charge is 0.435 e. The molecule has 142 valence electrons. The topological polar surface area (TPSA) is 68.2 Å². The molecule has 0 saturated heterocycles. The number of ether oxygens (including phenoxy) is 1. The molecule has 0 bridgehead atoms. The number of amides is 2. The van der Waals surface area contributed by atoms with Crippen LogP contribution in [-0.4, -0.2) is 29.0 Å². The van der Waals surface area contributed by atoms with Crippen LogP contribution in [0, 0.1) is 13.8 Å². The van der Waals surface area contributed by atoms with Crippen molar-refractivity contribution in [3.63, 3.8) is 0 Å². The van der Waals surface area contributed by atoms with Crippen molar-refractivity contribution in [2.75, 3.05) is 6.54 Å². The number of hydrogen-bond donors (Lipinski definition) is 2. The summed E-state index contributed by atoms with van der Waals surface area (Å²) in [5, 5.41) is 9.98. The Morgan fingerprint density at radius 1 is 1.27 bits per heavy atom. The number of nitrogens with one attached hydrogen (secondary N) is 2. The molecule has 1 unspecified atom stereocenters. The highest BCUT2D eigenvalue weighted by atomic mass is 19.3. The zero-order valence-electron chi connectivity index (χ0n) is 15.1. The van der Waals surface area contributed by atoms with Crippen LogP contribution in [0.1, 0.15) is 36.3 Å². The van der Waals surface area contributed by atoms with Crippen molar-refractivity contribution >= 4 is 6.03 Å². The van der Waals surface area contributed by atoms with Crippen molar-refractivity contribution in [2.24, 2.45) is 0 Å². The van der Waals surface area contributed by atoms with Crippen LogP contribution in [0.5, 0.6) is 5.75 Å². The second-order valence-corrected chi connectivity index (χ2v) is 6.07. The third-order valence-electron chi connectivity index (χ3n) is 3.89. The van der Waals surface area contributed by atoms with Gasteiger partial charge >= 0.3 is 12.6 Å². The number of halogens is 2. The second kappa shape index (κ2) is 9.17. The standard InChI is InChI=1S/C18H24F2N4O2/c1-12-11-13(2)24(23-12)10-4-9-21-18(25)22-14(3)15-5-7-16(8-6-15)26-17(19)20/h5-8,11,14,17H,4,9-10H2,1-3H3,(H2,21,22,25). The van der Waals surface area contributed by atoms with E-state index in [1.807, 2.05) is 31.5 Å². The van der Waals surface area contributed by atoms with Gasteiger partial charge in [-0.15, -0.1) is 0 Å². The number of urea groups is 1. The molecule has 2 N–H and O–H groups in total. The smallest absolute Gasteiger partial charge is 0.387 e. The summed E-state index contributed by atoms with van der Waals surface area (Å²) in [6.45, 7) is 4.18. The molecule has 1 aromatic carbocycles. The van der Waals surface area contributed by atoms with Gasteiger partial charge in [-0.1, -0.05) is 12.1 Å². The van der Waals surface area contributed by atoms with E-state index in [-0.39, 0.29) is 17.8 Å². The Hall–Kier alpha value is -2.64. The lowest BCUT2D eigenvalue weighted by molar-refractivity contribution is -0.0498. The number of aryl methyl sites for hydroxylation is 3. The van der Waals surface area contributed by atoms with Gasteiger partial charge in [-0.2, -0.15) is 13.9 Å². The van der Waals surface area contributed by atoms with Gasteiger partial charge in [0.25, 0.3) is 0 Å². The first kappa shape index (κ1) is 19.7. The Kier molecular flexibility index (Phi) is 6.94. The fourth-order valence-corrected chi connectivity index (χ4v) is 2.60. The summed E-state index contributed by atoms with van der Waals surface area (Å²) in [6, 6.07) is 7.67. The molecule has 8 heteroatoms. The van der Waals surface area contributed by atoms with E-state index in [1.165, 1.54) is 12.1 Å². The van der Waals surface area contributed by atoms with Crippen LogP contribution < -0.4 is 15.4 Å². The molecular weight excluding hydrogens is 342 g/mol. The number of benzene rings is 1. The van der Waals surface area contributed by atoms with E-state index in [0.29, 0.717) is 6.54 Å². The Bertz CT molecular complexity index is 716. The van der Waals surface area contributed by atoms with Gasteiger partial charge in [-0.05, 0) is 51.0 Å². The lowest BCUT2D eigenvalue weighted by atomic mass is 10.1. The van der Waals surface area contributed by atoms with Crippen LogP contribution in [0.15, 0.2) is 30.3 Å². The number of carbonyl (C=O) groups is 1. The van der Waals surface area contributed by atoms with E-state index < -0.39 is 6.61 Å². The molecule has 0 saturated carbocycles. The Morgan fingerprint density at radius 3 is 2.54 bits per heavy atom. The van der Waals surface area contributed by atoms with Crippen LogP contribution >= 0.6 is 0 Å². The SMILES string of the molecule is Cc1cc(C)n(CCCNC(=O)NC(C)c2ccc(OC(F)F)cc2)n1. The molecule has 0 fully saturated rings. The number of aromatic nitrogens is 2. The third kappa shape index (κ3) is 6.02. The highest BCUT2D eigenvalue weighted by molar-refractivity contribution is 5.74. The molecule has 1 aromatic heterocycles. The van der Waals surface area contributed by atoms with Crippen molar-refractivity contribution in [3.05, 3.63) is 47.3 Å². The quantitative estimate of drug-likeness (QED) is 0.702. The average Bonchev–Trinajstić information content (AvgIpc) is 2.89. The molecule has 1 atom stereocenters. The number of nitrogens with zero attached hydrogens (tertiary/aromatic N) is 2. The van der Waals surface area contributed by atoms with Gasteiger partial charge in [0.1, 0.15) is 5.75 Å². The zero-order valence-corrected chi connectivity index (χ0v) is 15.1. The fourth-order valence-electron chi connectivity index (χ4n) is 2.60. The lowest BCUT2D eigenvalue weighted by Gasteiger charge is -2.15. The molecule has 0 aliphatic rings. The van der Waals surface area contributed by atoms with Crippen molar-refractivity contribution in [1.82, 2.24) is 20.4 Å². The number of alkyl halides is 2. The number of rotatable bonds is 8. The van der Waals surface area contributed by atoms with Gasteiger partial charge in [0, 0.05) is 18.8 Å². The highest BCUT2D eigenvalue weighted by Gasteiger charge is 2.10. The summed E-state index contributed by atoms with van der Waals surface area (Å²) in [6.07, 6.45) is 0.767. The van der Waals surface area contributed by atoms with Crippen LogP contribution in [0.2, 0.25) is 0 Å². The minimum atomic E-state index is -2.85. The number of carbonyl (C=O) groups excluding carboxylic acids is 1. The van der Waals surface area contributed by atoms with Gasteiger partial charge in [0.2, 0.25) is 0 Å². The zero-order chi connectivity index (χ0) is 19.1. The van der Waals surface area contributed by atoms with Gasteiger partial charge in [-0.3, -0.25) is 4.68 Å². The molecule has 1 heterocycles. The first-order valence-corrected chi connectivity index (χ1v) is 8.45. The van der Waals surface area contributed by atoms with Crippen molar-refractivity contribution < 1.29 is 18.3 Å². The normalized spacial score (nSPS) is 12.1. The summed E-state index contributed by atoms with van der Waals surface area (Å²) in [5.74, 6) is 0.0875. The maximum Gasteiger partial charge on any atom is 0.387 e. The predicted molar refractivity (Wildman–Crippen MR) is 94.3 cm³/mol. The first-order valence-electron chi connectivity index (χ1n) is 8.45. The lowest BCUT2D eigenvalue weighted by Crippen LogP contribution is -2.37. The summed E-state index contributed by atoms with van der Waals surface area (Å²) in [7, 11) is 0. The Balaban J connectivity index is 1.72. The summed E-state index contributed by atoms with van der Waals surface area (Å²) >= 11 is 0. The molecule has 6 nitrogen and oxygen atoms in total. The Labute approximate surface area is 151 Å². The molecule has 2 amide bonds. The van der Waals surface area contributed by atoms with Gasteiger partial charge < -0.3 is 15.4 Å². The van der Waals surface area contributed by atoms with Crippen LogP contribution in [0.4, 0.5) is 13.6 Å². The van der Waals surface area contributed by atoms with E-state index in [4.69, 9.17) is 0 Å². The third-order valence-corrected chi connectivity index (χ3v) is 3.89. The highest BCUT2D eigenvalue weighted by Crippen LogP contribution is 2.19. The van der Waals surface area contributed by atoms with Gasteiger partial charge in [-0.25, -0.2) is 4.79 Å². The molecule has 26 heavy (non-hydrogen) atoms.